The fourth-order valence-corrected chi connectivity index (χ4v) is 2.44. The van der Waals surface area contributed by atoms with E-state index in [1.165, 1.54) is 5.56 Å². The average Bonchev–Trinajstić information content (AvgIpc) is 2.77. The molecule has 2 heteroatoms. The third kappa shape index (κ3) is 2.61. The molecule has 0 radical (unpaired) electrons. The van der Waals surface area contributed by atoms with Gasteiger partial charge in [0, 0.05) is 0 Å². The van der Waals surface area contributed by atoms with Crippen molar-refractivity contribution in [1.29, 1.82) is 5.26 Å². The first-order chi connectivity index (χ1) is 8.22. The molecule has 0 heterocycles. The molecule has 0 spiro atoms. The third-order valence-corrected chi connectivity index (χ3v) is 3.44. The molecule has 1 saturated carbocycles. The minimum Gasteiger partial charge on any atom is -0.489 e. The van der Waals surface area contributed by atoms with Crippen molar-refractivity contribution in [2.24, 2.45) is 5.92 Å². The fourth-order valence-electron chi connectivity index (χ4n) is 2.44. The summed E-state index contributed by atoms with van der Waals surface area (Å²) in [6, 6.07) is 10.5. The number of benzene rings is 1. The highest BCUT2D eigenvalue weighted by molar-refractivity contribution is 5.35. The molecule has 0 amide bonds. The average molecular weight is 229 g/mol. The van der Waals surface area contributed by atoms with Gasteiger partial charge in [0.25, 0.3) is 0 Å². The van der Waals surface area contributed by atoms with E-state index >= 15 is 0 Å². The SMILES string of the molecule is CC(C)c1ccccc1OC1CCCC1C#N. The summed E-state index contributed by atoms with van der Waals surface area (Å²) >= 11 is 0. The van der Waals surface area contributed by atoms with Gasteiger partial charge in [0.15, 0.2) is 0 Å². The highest BCUT2D eigenvalue weighted by atomic mass is 16.5. The lowest BCUT2D eigenvalue weighted by molar-refractivity contribution is 0.180. The Hall–Kier alpha value is -1.49. The molecule has 1 aliphatic rings. The number of rotatable bonds is 3. The minimum absolute atomic E-state index is 0.0650. The van der Waals surface area contributed by atoms with Crippen LogP contribution >= 0.6 is 0 Å². The second-order valence-electron chi connectivity index (χ2n) is 5.02. The van der Waals surface area contributed by atoms with Gasteiger partial charge in [-0.05, 0) is 36.8 Å². The van der Waals surface area contributed by atoms with Crippen LogP contribution in [0, 0.1) is 17.2 Å². The lowest BCUT2D eigenvalue weighted by Crippen LogP contribution is -2.20. The summed E-state index contributed by atoms with van der Waals surface area (Å²) in [7, 11) is 0. The zero-order valence-corrected chi connectivity index (χ0v) is 10.5. The van der Waals surface area contributed by atoms with Crippen molar-refractivity contribution in [2.75, 3.05) is 0 Å². The Labute approximate surface area is 103 Å². The molecule has 2 unspecified atom stereocenters. The molecular formula is C15H19NO. The Morgan fingerprint density at radius 1 is 1.29 bits per heavy atom. The Kier molecular flexibility index (Phi) is 3.68. The molecular weight excluding hydrogens is 210 g/mol. The summed E-state index contributed by atoms with van der Waals surface area (Å²) in [5.74, 6) is 1.47. The lowest BCUT2D eigenvalue weighted by atomic mass is 10.0. The number of ether oxygens (including phenoxy) is 1. The van der Waals surface area contributed by atoms with Crippen molar-refractivity contribution < 1.29 is 4.74 Å². The smallest absolute Gasteiger partial charge is 0.123 e. The van der Waals surface area contributed by atoms with E-state index in [4.69, 9.17) is 10.00 Å². The van der Waals surface area contributed by atoms with Crippen LogP contribution in [0.3, 0.4) is 0 Å². The van der Waals surface area contributed by atoms with Gasteiger partial charge in [-0.2, -0.15) is 5.26 Å². The van der Waals surface area contributed by atoms with Gasteiger partial charge in [-0.15, -0.1) is 0 Å². The fraction of sp³-hybridized carbons (Fsp3) is 0.533. The molecule has 0 N–H and O–H groups in total. The van der Waals surface area contributed by atoms with Crippen LogP contribution in [0.15, 0.2) is 24.3 Å². The summed E-state index contributed by atoms with van der Waals surface area (Å²) < 4.78 is 6.05. The van der Waals surface area contributed by atoms with E-state index in [0.29, 0.717) is 5.92 Å². The van der Waals surface area contributed by atoms with Crippen molar-refractivity contribution >= 4 is 0 Å². The standard InChI is InChI=1S/C15H19NO/c1-11(2)13-7-3-4-8-15(13)17-14-9-5-6-12(14)10-16/h3-4,7-8,11-12,14H,5-6,9H2,1-2H3. The van der Waals surface area contributed by atoms with E-state index in [1.807, 2.05) is 18.2 Å². The van der Waals surface area contributed by atoms with Gasteiger partial charge in [-0.3, -0.25) is 0 Å². The van der Waals surface area contributed by atoms with E-state index < -0.39 is 0 Å². The van der Waals surface area contributed by atoms with Gasteiger partial charge in [-0.25, -0.2) is 0 Å². The second-order valence-corrected chi connectivity index (χ2v) is 5.02. The monoisotopic (exact) mass is 229 g/mol. The summed E-state index contributed by atoms with van der Waals surface area (Å²) in [6.07, 6.45) is 3.17. The summed E-state index contributed by atoms with van der Waals surface area (Å²) in [5, 5.41) is 9.06. The largest absolute Gasteiger partial charge is 0.489 e. The molecule has 1 fully saturated rings. The molecule has 2 rings (SSSR count). The molecule has 17 heavy (non-hydrogen) atoms. The third-order valence-electron chi connectivity index (χ3n) is 3.44. The normalized spacial score (nSPS) is 23.6. The Morgan fingerprint density at radius 2 is 2.06 bits per heavy atom. The van der Waals surface area contributed by atoms with Crippen molar-refractivity contribution in [3.05, 3.63) is 29.8 Å². The topological polar surface area (TPSA) is 33.0 Å². The summed E-state index contributed by atoms with van der Waals surface area (Å²) in [4.78, 5) is 0. The van der Waals surface area contributed by atoms with E-state index in [-0.39, 0.29) is 12.0 Å². The highest BCUT2D eigenvalue weighted by Crippen LogP contribution is 2.33. The van der Waals surface area contributed by atoms with Gasteiger partial charge in [0.1, 0.15) is 11.9 Å². The first-order valence-corrected chi connectivity index (χ1v) is 6.37. The van der Waals surface area contributed by atoms with Crippen LogP contribution in [0.4, 0.5) is 0 Å². The number of hydrogen-bond acceptors (Lipinski definition) is 2. The zero-order chi connectivity index (χ0) is 12.3. The Bertz CT molecular complexity index is 419. The van der Waals surface area contributed by atoms with Crippen molar-refractivity contribution in [3.63, 3.8) is 0 Å². The van der Waals surface area contributed by atoms with E-state index in [1.54, 1.807) is 0 Å². The van der Waals surface area contributed by atoms with Crippen molar-refractivity contribution in [1.82, 2.24) is 0 Å². The predicted molar refractivity (Wildman–Crippen MR) is 67.9 cm³/mol. The number of hydrogen-bond donors (Lipinski definition) is 0. The van der Waals surface area contributed by atoms with Gasteiger partial charge in [0.2, 0.25) is 0 Å². The maximum atomic E-state index is 9.06. The first-order valence-electron chi connectivity index (χ1n) is 6.37. The Balaban J connectivity index is 2.16. The molecule has 1 aliphatic carbocycles. The van der Waals surface area contributed by atoms with Crippen LogP contribution in [0.25, 0.3) is 0 Å². The highest BCUT2D eigenvalue weighted by Gasteiger charge is 2.29. The molecule has 2 atom stereocenters. The van der Waals surface area contributed by atoms with Crippen molar-refractivity contribution in [2.45, 2.75) is 45.1 Å². The molecule has 90 valence electrons. The summed E-state index contributed by atoms with van der Waals surface area (Å²) in [6.45, 7) is 4.33. The Morgan fingerprint density at radius 3 is 2.76 bits per heavy atom. The van der Waals surface area contributed by atoms with Crippen LogP contribution in [0.5, 0.6) is 5.75 Å². The van der Waals surface area contributed by atoms with Crippen molar-refractivity contribution in [3.8, 4) is 11.8 Å². The van der Waals surface area contributed by atoms with E-state index in [2.05, 4.69) is 26.0 Å². The second kappa shape index (κ2) is 5.23. The number of nitriles is 1. The van der Waals surface area contributed by atoms with Gasteiger partial charge < -0.3 is 4.74 Å². The van der Waals surface area contributed by atoms with E-state index in [9.17, 15) is 0 Å². The van der Waals surface area contributed by atoms with Gasteiger partial charge in [-0.1, -0.05) is 32.0 Å². The molecule has 0 aliphatic heterocycles. The zero-order valence-electron chi connectivity index (χ0n) is 10.5. The lowest BCUT2D eigenvalue weighted by Gasteiger charge is -2.20. The van der Waals surface area contributed by atoms with Crippen LogP contribution in [-0.2, 0) is 0 Å². The quantitative estimate of drug-likeness (QED) is 0.788. The van der Waals surface area contributed by atoms with Crippen LogP contribution < -0.4 is 4.74 Å². The first kappa shape index (κ1) is 12.0. The number of para-hydroxylation sites is 1. The number of nitrogens with zero attached hydrogens (tertiary/aromatic N) is 1. The molecule has 0 bridgehead atoms. The maximum Gasteiger partial charge on any atom is 0.123 e. The van der Waals surface area contributed by atoms with Crippen LogP contribution in [0.2, 0.25) is 0 Å². The predicted octanol–water partition coefficient (Wildman–Crippen LogP) is 3.88. The molecule has 1 aromatic rings. The van der Waals surface area contributed by atoms with Gasteiger partial charge in [0.05, 0.1) is 12.0 Å². The molecule has 2 nitrogen and oxygen atoms in total. The maximum absolute atomic E-state index is 9.06. The molecule has 0 saturated heterocycles. The molecule has 1 aromatic carbocycles. The summed E-state index contributed by atoms with van der Waals surface area (Å²) in [5.41, 5.74) is 1.23. The van der Waals surface area contributed by atoms with Crippen LogP contribution in [-0.4, -0.2) is 6.10 Å². The minimum atomic E-state index is 0.0650. The van der Waals surface area contributed by atoms with Crippen LogP contribution in [0.1, 0.15) is 44.6 Å². The molecule has 0 aromatic heterocycles. The van der Waals surface area contributed by atoms with E-state index in [0.717, 1.165) is 25.0 Å². The van der Waals surface area contributed by atoms with Gasteiger partial charge >= 0.3 is 0 Å².